The van der Waals surface area contributed by atoms with Crippen LogP contribution in [0.25, 0.3) is 0 Å². The molecule has 1 aromatic rings. The molecule has 0 aromatic heterocycles. The van der Waals surface area contributed by atoms with E-state index in [2.05, 4.69) is 30.7 Å². The first kappa shape index (κ1) is 31.4. The molecular formula is C33H47NO4. The molecule has 0 bridgehead atoms. The van der Waals surface area contributed by atoms with Gasteiger partial charge < -0.3 is 14.8 Å². The van der Waals surface area contributed by atoms with E-state index in [1.54, 1.807) is 21.1 Å². The number of para-hydroxylation sites is 1. The van der Waals surface area contributed by atoms with Gasteiger partial charge in [0.15, 0.2) is 5.78 Å². The Hall–Kier alpha value is -2.84. The zero-order valence-corrected chi connectivity index (χ0v) is 24.1. The standard InChI is InChI=1S/C26H33NO3.C4H10O.C3H4/c1-17-21(16-28)25(18-10-6-4-3-5-7-11-18)26-22(27-17)14-19(15-23(26)29)20-12-8-9-13-24(20)30-2;1-3-4-5-2;1-3-2/h8-9,12-13,16,18-19,25,27H,3-7,10-11,14-15H2,1-2H3;3-4H2,1-2H3;1H,2H3. The van der Waals surface area contributed by atoms with Gasteiger partial charge in [0.2, 0.25) is 0 Å². The summed E-state index contributed by atoms with van der Waals surface area (Å²) in [4.78, 5) is 25.6. The van der Waals surface area contributed by atoms with E-state index in [0.29, 0.717) is 12.3 Å². The van der Waals surface area contributed by atoms with Crippen LogP contribution < -0.4 is 10.1 Å². The molecule has 1 saturated carbocycles. The molecule has 2 atom stereocenters. The topological polar surface area (TPSA) is 64.6 Å². The van der Waals surface area contributed by atoms with Gasteiger partial charge in [0.25, 0.3) is 0 Å². The van der Waals surface area contributed by atoms with E-state index in [-0.39, 0.29) is 17.6 Å². The Kier molecular flexibility index (Phi) is 13.9. The number of carbonyl (C=O) groups excluding carboxylic acids is 2. The fourth-order valence-electron chi connectivity index (χ4n) is 6.00. The molecule has 0 radical (unpaired) electrons. The Bertz CT molecular complexity index is 1010. The van der Waals surface area contributed by atoms with Crippen molar-refractivity contribution >= 4 is 12.1 Å². The predicted octanol–water partition coefficient (Wildman–Crippen LogP) is 7.13. The lowest BCUT2D eigenvalue weighted by atomic mass is 9.67. The van der Waals surface area contributed by atoms with Crippen molar-refractivity contribution in [2.75, 3.05) is 20.8 Å². The molecule has 4 rings (SSSR count). The fraction of sp³-hybridized carbons (Fsp3) is 0.576. The summed E-state index contributed by atoms with van der Waals surface area (Å²) < 4.78 is 10.3. The molecular weight excluding hydrogens is 474 g/mol. The van der Waals surface area contributed by atoms with Crippen molar-refractivity contribution in [3.8, 4) is 18.1 Å². The number of ether oxygens (including phenoxy) is 2. The van der Waals surface area contributed by atoms with E-state index in [9.17, 15) is 9.59 Å². The lowest BCUT2D eigenvalue weighted by molar-refractivity contribution is -0.117. The Morgan fingerprint density at radius 3 is 2.26 bits per heavy atom. The summed E-state index contributed by atoms with van der Waals surface area (Å²) in [5.41, 5.74) is 4.72. The van der Waals surface area contributed by atoms with Crippen molar-refractivity contribution in [1.29, 1.82) is 0 Å². The van der Waals surface area contributed by atoms with E-state index in [4.69, 9.17) is 9.47 Å². The number of dihydropyridines is 1. The maximum absolute atomic E-state index is 13.5. The third kappa shape index (κ3) is 8.33. The van der Waals surface area contributed by atoms with Crippen molar-refractivity contribution in [2.45, 2.75) is 90.9 Å². The second-order valence-electron chi connectivity index (χ2n) is 10.4. The number of benzene rings is 1. The van der Waals surface area contributed by atoms with Crippen LogP contribution in [-0.4, -0.2) is 32.9 Å². The molecule has 1 heterocycles. The van der Waals surface area contributed by atoms with Crippen LogP contribution in [0.5, 0.6) is 5.75 Å². The van der Waals surface area contributed by atoms with Gasteiger partial charge >= 0.3 is 0 Å². The largest absolute Gasteiger partial charge is 0.496 e. The average Bonchev–Trinajstić information content (AvgIpc) is 2.89. The van der Waals surface area contributed by atoms with Crippen LogP contribution >= 0.6 is 0 Å². The third-order valence-corrected chi connectivity index (χ3v) is 7.66. The highest BCUT2D eigenvalue weighted by Crippen LogP contribution is 2.47. The summed E-state index contributed by atoms with van der Waals surface area (Å²) in [6.07, 6.45) is 16.4. The number of carbonyl (C=O) groups is 2. The minimum absolute atomic E-state index is 0.0389. The lowest BCUT2D eigenvalue weighted by Crippen LogP contribution is -2.38. The van der Waals surface area contributed by atoms with Crippen LogP contribution in [0.15, 0.2) is 46.8 Å². The Balaban J connectivity index is 0.000000559. The van der Waals surface area contributed by atoms with Gasteiger partial charge in [-0.3, -0.25) is 9.59 Å². The SMILES string of the molecule is C#CC.CCCOC.COc1ccccc1C1CC(=O)C2=C(C1)NC(C)=C(C=O)C2C1CCCCCCC1. The number of hydrogen-bond acceptors (Lipinski definition) is 5. The van der Waals surface area contributed by atoms with Gasteiger partial charge in [-0.25, -0.2) is 0 Å². The molecule has 0 amide bonds. The summed E-state index contributed by atoms with van der Waals surface area (Å²) >= 11 is 0. The van der Waals surface area contributed by atoms with Crippen molar-refractivity contribution < 1.29 is 19.1 Å². The molecule has 5 nitrogen and oxygen atoms in total. The van der Waals surface area contributed by atoms with Crippen molar-refractivity contribution in [2.24, 2.45) is 11.8 Å². The summed E-state index contributed by atoms with van der Waals surface area (Å²) in [7, 11) is 3.39. The first-order valence-corrected chi connectivity index (χ1v) is 14.2. The summed E-state index contributed by atoms with van der Waals surface area (Å²) in [5.74, 6) is 3.73. The first-order valence-electron chi connectivity index (χ1n) is 14.2. The van der Waals surface area contributed by atoms with Gasteiger partial charge in [0.1, 0.15) is 12.0 Å². The summed E-state index contributed by atoms with van der Waals surface area (Å²) in [6.45, 7) is 6.62. The molecule has 2 unspecified atom stereocenters. The number of ketones is 1. The number of aldehydes is 1. The Morgan fingerprint density at radius 1 is 1.08 bits per heavy atom. The maximum Gasteiger partial charge on any atom is 0.161 e. The molecule has 1 N–H and O–H groups in total. The predicted molar refractivity (Wildman–Crippen MR) is 155 cm³/mol. The number of rotatable bonds is 6. The number of methoxy groups -OCH3 is 2. The molecule has 0 saturated heterocycles. The summed E-state index contributed by atoms with van der Waals surface area (Å²) in [6, 6.07) is 8.00. The van der Waals surface area contributed by atoms with Crippen molar-refractivity contribution in [3.05, 3.63) is 52.4 Å². The van der Waals surface area contributed by atoms with E-state index in [1.165, 1.54) is 32.1 Å². The fourth-order valence-corrected chi connectivity index (χ4v) is 6.00. The number of hydrogen-bond donors (Lipinski definition) is 1. The molecule has 3 aliphatic rings. The van der Waals surface area contributed by atoms with E-state index >= 15 is 0 Å². The van der Waals surface area contributed by atoms with Gasteiger partial charge in [0.05, 0.1) is 7.11 Å². The quantitative estimate of drug-likeness (QED) is 0.319. The highest BCUT2D eigenvalue weighted by Gasteiger charge is 2.41. The van der Waals surface area contributed by atoms with Crippen LogP contribution in [0.1, 0.15) is 96.5 Å². The molecule has 1 aliphatic heterocycles. The third-order valence-electron chi connectivity index (χ3n) is 7.66. The van der Waals surface area contributed by atoms with Crippen LogP contribution in [0.3, 0.4) is 0 Å². The monoisotopic (exact) mass is 521 g/mol. The van der Waals surface area contributed by atoms with E-state index < -0.39 is 0 Å². The second kappa shape index (κ2) is 16.9. The number of nitrogens with one attached hydrogen (secondary N) is 1. The van der Waals surface area contributed by atoms with Crippen LogP contribution in [0.4, 0.5) is 0 Å². The Morgan fingerprint density at radius 2 is 1.71 bits per heavy atom. The van der Waals surface area contributed by atoms with Crippen LogP contribution in [-0.2, 0) is 14.3 Å². The minimum atomic E-state index is -0.0389. The number of terminal acetylenes is 1. The van der Waals surface area contributed by atoms with Crippen LogP contribution in [0.2, 0.25) is 0 Å². The van der Waals surface area contributed by atoms with Crippen LogP contribution in [0, 0.1) is 24.2 Å². The molecule has 1 aromatic carbocycles. The zero-order chi connectivity index (χ0) is 27.9. The molecule has 208 valence electrons. The Labute approximate surface area is 230 Å². The maximum atomic E-state index is 13.5. The number of Topliss-reactive ketones (excluding diaryl/α,β-unsaturated/α-hetero) is 1. The average molecular weight is 522 g/mol. The first-order chi connectivity index (χ1) is 18.5. The zero-order valence-electron chi connectivity index (χ0n) is 24.1. The van der Waals surface area contributed by atoms with Gasteiger partial charge in [-0.15, -0.1) is 12.3 Å². The number of allylic oxidation sites excluding steroid dienone is 4. The van der Waals surface area contributed by atoms with E-state index in [1.807, 2.05) is 25.1 Å². The van der Waals surface area contributed by atoms with Crippen molar-refractivity contribution in [3.63, 3.8) is 0 Å². The van der Waals surface area contributed by atoms with Crippen molar-refractivity contribution in [1.82, 2.24) is 5.32 Å². The second-order valence-corrected chi connectivity index (χ2v) is 10.4. The molecule has 2 aliphatic carbocycles. The summed E-state index contributed by atoms with van der Waals surface area (Å²) in [5, 5.41) is 3.45. The van der Waals surface area contributed by atoms with Gasteiger partial charge in [-0.2, -0.15) is 0 Å². The normalized spacial score (nSPS) is 21.7. The molecule has 38 heavy (non-hydrogen) atoms. The van der Waals surface area contributed by atoms with E-state index in [0.717, 1.165) is 72.4 Å². The smallest absolute Gasteiger partial charge is 0.161 e. The molecule has 5 heteroatoms. The highest BCUT2D eigenvalue weighted by atomic mass is 16.5. The van der Waals surface area contributed by atoms with Gasteiger partial charge in [-0.1, -0.05) is 57.2 Å². The van der Waals surface area contributed by atoms with Gasteiger partial charge in [-0.05, 0) is 57.1 Å². The molecule has 1 fully saturated rings. The van der Waals surface area contributed by atoms with Gasteiger partial charge in [0, 0.05) is 54.5 Å². The highest BCUT2D eigenvalue weighted by molar-refractivity contribution is 6.00. The molecule has 0 spiro atoms. The lowest BCUT2D eigenvalue weighted by Gasteiger charge is -2.40. The minimum Gasteiger partial charge on any atom is -0.496 e.